The van der Waals surface area contributed by atoms with Gasteiger partial charge in [-0.3, -0.25) is 9.55 Å². The molecule has 0 bridgehead atoms. The van der Waals surface area contributed by atoms with E-state index in [0.717, 1.165) is 27.8 Å². The monoisotopic (exact) mass is 440 g/mol. The molecule has 3 aromatic heterocycles. The molecule has 0 radical (unpaired) electrons. The van der Waals surface area contributed by atoms with Crippen molar-refractivity contribution in [3.8, 4) is 28.5 Å². The van der Waals surface area contributed by atoms with E-state index < -0.39 is 0 Å². The Kier molecular flexibility index (Phi) is 5.51. The normalized spacial score (nSPS) is 11.1. The molecular weight excluding hydrogens is 420 g/mol. The molecule has 0 saturated carbocycles. The van der Waals surface area contributed by atoms with Crippen LogP contribution >= 0.6 is 11.8 Å². The van der Waals surface area contributed by atoms with E-state index in [0.29, 0.717) is 17.5 Å². The largest absolute Gasteiger partial charge is 0.420 e. The summed E-state index contributed by atoms with van der Waals surface area (Å²) in [5.41, 5.74) is 5.21. The predicted molar refractivity (Wildman–Crippen MR) is 123 cm³/mol. The first-order valence-electron chi connectivity index (χ1n) is 10.1. The van der Waals surface area contributed by atoms with Gasteiger partial charge in [-0.25, -0.2) is 0 Å². The van der Waals surface area contributed by atoms with Gasteiger partial charge in [0.15, 0.2) is 11.0 Å². The van der Waals surface area contributed by atoms with Crippen molar-refractivity contribution in [3.05, 3.63) is 90.1 Å². The molecule has 3 heterocycles. The first-order valence-corrected chi connectivity index (χ1v) is 11.1. The summed E-state index contributed by atoms with van der Waals surface area (Å²) >= 11 is 1.50. The van der Waals surface area contributed by atoms with E-state index in [2.05, 4.69) is 56.6 Å². The minimum Gasteiger partial charge on any atom is -0.420 e. The maximum Gasteiger partial charge on any atom is 0.247 e. The summed E-state index contributed by atoms with van der Waals surface area (Å²) in [5, 5.41) is 18.0. The smallest absolute Gasteiger partial charge is 0.247 e. The average molecular weight is 441 g/mol. The molecule has 32 heavy (non-hydrogen) atoms. The van der Waals surface area contributed by atoms with Gasteiger partial charge in [-0.1, -0.05) is 47.2 Å². The summed E-state index contributed by atoms with van der Waals surface area (Å²) < 4.78 is 7.91. The summed E-state index contributed by atoms with van der Waals surface area (Å²) in [6.07, 6.45) is 3.50. The quantitative estimate of drug-likeness (QED) is 0.332. The molecule has 0 N–H and O–H groups in total. The summed E-state index contributed by atoms with van der Waals surface area (Å²) in [7, 11) is 0. The van der Waals surface area contributed by atoms with Crippen LogP contribution in [-0.4, -0.2) is 29.9 Å². The number of aryl methyl sites for hydroxylation is 2. The molecule has 7 nitrogen and oxygen atoms in total. The summed E-state index contributed by atoms with van der Waals surface area (Å²) in [4.78, 5) is 4.11. The maximum atomic E-state index is 5.88. The lowest BCUT2D eigenvalue weighted by Crippen LogP contribution is -2.00. The lowest BCUT2D eigenvalue weighted by atomic mass is 10.1. The molecule has 5 aromatic rings. The van der Waals surface area contributed by atoms with Crippen LogP contribution in [0.25, 0.3) is 28.5 Å². The lowest BCUT2D eigenvalue weighted by Gasteiger charge is -2.10. The van der Waals surface area contributed by atoms with Gasteiger partial charge < -0.3 is 4.42 Å². The zero-order chi connectivity index (χ0) is 21.9. The van der Waals surface area contributed by atoms with E-state index in [1.807, 2.05) is 47.9 Å². The number of hydrogen-bond acceptors (Lipinski definition) is 7. The van der Waals surface area contributed by atoms with Gasteiger partial charge in [-0.2, -0.15) is 0 Å². The van der Waals surface area contributed by atoms with Crippen molar-refractivity contribution in [2.24, 2.45) is 0 Å². The SMILES string of the molecule is Cc1ccc(-c2nnc(CSc3nnc(-c4ccncc4)n3-c3ccc(C)cc3)o2)cc1. The van der Waals surface area contributed by atoms with Crippen LogP contribution in [-0.2, 0) is 5.75 Å². The molecule has 2 aromatic carbocycles. The van der Waals surface area contributed by atoms with Gasteiger partial charge in [-0.05, 0) is 50.2 Å². The maximum absolute atomic E-state index is 5.88. The van der Waals surface area contributed by atoms with E-state index in [-0.39, 0.29) is 0 Å². The number of rotatable bonds is 6. The first kappa shape index (κ1) is 20.1. The number of thioether (sulfide) groups is 1. The predicted octanol–water partition coefficient (Wildman–Crippen LogP) is 5.29. The number of pyridine rings is 1. The minimum atomic E-state index is 0.485. The summed E-state index contributed by atoms with van der Waals surface area (Å²) in [6.45, 7) is 4.11. The van der Waals surface area contributed by atoms with Crippen LogP contribution in [0.15, 0.2) is 82.6 Å². The average Bonchev–Trinajstić information content (AvgIpc) is 3.47. The summed E-state index contributed by atoms with van der Waals surface area (Å²) in [6, 6.07) is 20.1. The van der Waals surface area contributed by atoms with Gasteiger partial charge in [0.25, 0.3) is 0 Å². The van der Waals surface area contributed by atoms with Gasteiger partial charge >= 0.3 is 0 Å². The Morgan fingerprint density at radius 2 is 1.44 bits per heavy atom. The highest BCUT2D eigenvalue weighted by molar-refractivity contribution is 7.98. The number of benzene rings is 2. The van der Waals surface area contributed by atoms with Gasteiger partial charge in [0.2, 0.25) is 11.8 Å². The second-order valence-electron chi connectivity index (χ2n) is 7.37. The number of aromatic nitrogens is 6. The van der Waals surface area contributed by atoms with Crippen LogP contribution in [0.2, 0.25) is 0 Å². The molecule has 0 atom stereocenters. The van der Waals surface area contributed by atoms with Gasteiger partial charge in [0, 0.05) is 29.2 Å². The minimum absolute atomic E-state index is 0.485. The van der Waals surface area contributed by atoms with Crippen LogP contribution < -0.4 is 0 Å². The third kappa shape index (κ3) is 4.17. The topological polar surface area (TPSA) is 82.5 Å². The second-order valence-corrected chi connectivity index (χ2v) is 8.31. The highest BCUT2D eigenvalue weighted by Gasteiger charge is 2.18. The molecule has 0 unspecified atom stereocenters. The van der Waals surface area contributed by atoms with Crippen molar-refractivity contribution in [3.63, 3.8) is 0 Å². The van der Waals surface area contributed by atoms with Crippen LogP contribution in [0.1, 0.15) is 17.0 Å². The fraction of sp³-hybridized carbons (Fsp3) is 0.125. The molecule has 0 amide bonds. The Labute approximate surface area is 189 Å². The fourth-order valence-electron chi connectivity index (χ4n) is 3.23. The molecule has 0 aliphatic heterocycles. The van der Waals surface area contributed by atoms with E-state index >= 15 is 0 Å². The highest BCUT2D eigenvalue weighted by atomic mass is 32.2. The van der Waals surface area contributed by atoms with Gasteiger partial charge in [0.1, 0.15) is 0 Å². The third-order valence-corrected chi connectivity index (χ3v) is 5.87. The Balaban J connectivity index is 1.43. The molecule has 0 fully saturated rings. The molecule has 5 rings (SSSR count). The molecule has 0 saturated heterocycles. The second kappa shape index (κ2) is 8.76. The summed E-state index contributed by atoms with van der Waals surface area (Å²) in [5.74, 6) is 2.29. The zero-order valence-electron chi connectivity index (χ0n) is 17.6. The van der Waals surface area contributed by atoms with Crippen molar-refractivity contribution < 1.29 is 4.42 Å². The highest BCUT2D eigenvalue weighted by Crippen LogP contribution is 2.30. The van der Waals surface area contributed by atoms with Crippen molar-refractivity contribution in [2.75, 3.05) is 0 Å². The van der Waals surface area contributed by atoms with E-state index in [9.17, 15) is 0 Å². The van der Waals surface area contributed by atoms with Crippen LogP contribution in [0.4, 0.5) is 0 Å². The Morgan fingerprint density at radius 1 is 0.750 bits per heavy atom. The van der Waals surface area contributed by atoms with Crippen LogP contribution in [0.3, 0.4) is 0 Å². The first-order chi connectivity index (χ1) is 15.7. The van der Waals surface area contributed by atoms with Crippen molar-refractivity contribution in [2.45, 2.75) is 24.8 Å². The van der Waals surface area contributed by atoms with E-state index in [1.54, 1.807) is 12.4 Å². The van der Waals surface area contributed by atoms with E-state index in [4.69, 9.17) is 4.42 Å². The Bertz CT molecular complexity index is 1330. The van der Waals surface area contributed by atoms with Crippen LogP contribution in [0, 0.1) is 13.8 Å². The Hall–Kier alpha value is -3.78. The van der Waals surface area contributed by atoms with Gasteiger partial charge in [0.05, 0.1) is 5.75 Å². The van der Waals surface area contributed by atoms with E-state index in [1.165, 1.54) is 22.9 Å². The van der Waals surface area contributed by atoms with Crippen molar-refractivity contribution >= 4 is 11.8 Å². The molecule has 8 heteroatoms. The van der Waals surface area contributed by atoms with Crippen molar-refractivity contribution in [1.82, 2.24) is 29.9 Å². The van der Waals surface area contributed by atoms with Crippen molar-refractivity contribution in [1.29, 1.82) is 0 Å². The molecule has 0 aliphatic rings. The Morgan fingerprint density at radius 3 is 2.16 bits per heavy atom. The lowest BCUT2D eigenvalue weighted by molar-refractivity contribution is 0.528. The molecule has 0 spiro atoms. The van der Waals surface area contributed by atoms with Crippen LogP contribution in [0.5, 0.6) is 0 Å². The third-order valence-electron chi connectivity index (χ3n) is 4.95. The standard InChI is InChI=1S/C24H20N6OS/c1-16-3-7-19(8-4-16)23-28-26-21(31-23)15-32-24-29-27-22(18-11-13-25-14-12-18)30(24)20-9-5-17(2)6-10-20/h3-14H,15H2,1-2H3. The van der Waals surface area contributed by atoms with Gasteiger partial charge in [-0.15, -0.1) is 20.4 Å². The molecule has 0 aliphatic carbocycles. The molecular formula is C24H20N6OS. The number of hydrogen-bond donors (Lipinski definition) is 0. The number of nitrogens with zero attached hydrogens (tertiary/aromatic N) is 6. The fourth-order valence-corrected chi connectivity index (χ4v) is 4.02. The zero-order valence-corrected chi connectivity index (χ0v) is 18.5. The molecule has 158 valence electrons.